The number of furan rings is 1. The van der Waals surface area contributed by atoms with Crippen molar-refractivity contribution in [3.05, 3.63) is 107 Å². The molecule has 0 N–H and O–H groups in total. The van der Waals surface area contributed by atoms with E-state index < -0.39 is 0 Å². The van der Waals surface area contributed by atoms with E-state index in [9.17, 15) is 0 Å². The molecule has 3 aromatic carbocycles. The van der Waals surface area contributed by atoms with Crippen LogP contribution in [0.1, 0.15) is 16.9 Å². The summed E-state index contributed by atoms with van der Waals surface area (Å²) in [4.78, 5) is 2.21. The summed E-state index contributed by atoms with van der Waals surface area (Å²) in [6.07, 6.45) is 1.44. The van der Waals surface area contributed by atoms with Crippen molar-refractivity contribution in [2.24, 2.45) is 0 Å². The molecule has 1 aromatic heterocycles. The first-order chi connectivity index (χ1) is 15.6. The fourth-order valence-electron chi connectivity index (χ4n) is 3.43. The monoisotopic (exact) mass is 415 g/mol. The maximum Gasteiger partial charge on any atom is 0.134 e. The molecule has 1 heterocycles. The van der Waals surface area contributed by atoms with Gasteiger partial charge in [-0.1, -0.05) is 35.4 Å². The maximum atomic E-state index is 8.92. The van der Waals surface area contributed by atoms with Crippen molar-refractivity contribution < 1.29 is 4.42 Å². The van der Waals surface area contributed by atoms with Crippen LogP contribution in [0.15, 0.2) is 94.9 Å². The Kier molecular flexibility index (Phi) is 5.88. The topological polar surface area (TPSA) is 64.0 Å². The average Bonchev–Trinajstić information content (AvgIpc) is 3.29. The van der Waals surface area contributed by atoms with Gasteiger partial charge in [0.15, 0.2) is 0 Å². The minimum Gasteiger partial charge on any atom is -0.457 e. The van der Waals surface area contributed by atoms with Gasteiger partial charge in [0, 0.05) is 28.7 Å². The fraction of sp³-hybridized carbons (Fsp3) is 0.0714. The van der Waals surface area contributed by atoms with Gasteiger partial charge in [-0.25, -0.2) is 0 Å². The molecular formula is C28H21N3O. The van der Waals surface area contributed by atoms with Gasteiger partial charge in [-0.3, -0.25) is 0 Å². The van der Waals surface area contributed by atoms with E-state index in [1.807, 2.05) is 30.3 Å². The molecule has 0 bridgehead atoms. The third-order valence-corrected chi connectivity index (χ3v) is 5.15. The molecular weight excluding hydrogens is 394 g/mol. The molecule has 32 heavy (non-hydrogen) atoms. The van der Waals surface area contributed by atoms with Crippen LogP contribution in [0.4, 0.5) is 17.1 Å². The van der Waals surface area contributed by atoms with Gasteiger partial charge in [0.05, 0.1) is 0 Å². The lowest BCUT2D eigenvalue weighted by molar-refractivity contribution is 0.571. The second-order valence-corrected chi connectivity index (χ2v) is 7.54. The van der Waals surface area contributed by atoms with E-state index in [0.717, 1.165) is 22.6 Å². The lowest BCUT2D eigenvalue weighted by Gasteiger charge is -2.26. The molecule has 0 aliphatic carbocycles. The molecule has 0 saturated heterocycles. The summed E-state index contributed by atoms with van der Waals surface area (Å²) in [5, 5.41) is 17.8. The van der Waals surface area contributed by atoms with Crippen molar-refractivity contribution in [1.29, 1.82) is 10.5 Å². The average molecular weight is 415 g/mol. The maximum absolute atomic E-state index is 8.92. The summed E-state index contributed by atoms with van der Waals surface area (Å²) in [5.74, 6) is 1.15. The van der Waals surface area contributed by atoms with Crippen LogP contribution in [-0.4, -0.2) is 0 Å². The highest BCUT2D eigenvalue weighted by Crippen LogP contribution is 2.36. The van der Waals surface area contributed by atoms with Crippen LogP contribution in [0.25, 0.3) is 17.4 Å². The summed E-state index contributed by atoms with van der Waals surface area (Å²) in [6, 6.07) is 32.3. The van der Waals surface area contributed by atoms with Crippen molar-refractivity contribution >= 4 is 23.1 Å². The number of hydrogen-bond donors (Lipinski definition) is 0. The Hall–Kier alpha value is -4.54. The van der Waals surface area contributed by atoms with Gasteiger partial charge < -0.3 is 9.32 Å². The molecule has 4 rings (SSSR count). The number of rotatable bonds is 5. The van der Waals surface area contributed by atoms with Crippen LogP contribution < -0.4 is 4.90 Å². The van der Waals surface area contributed by atoms with Crippen LogP contribution in [-0.2, 0) is 0 Å². The Labute approximate surface area is 187 Å². The van der Waals surface area contributed by atoms with Crippen molar-refractivity contribution in [2.45, 2.75) is 13.8 Å². The van der Waals surface area contributed by atoms with E-state index >= 15 is 0 Å². The molecule has 0 saturated carbocycles. The summed E-state index contributed by atoms with van der Waals surface area (Å²) >= 11 is 0. The van der Waals surface area contributed by atoms with Gasteiger partial charge in [0.2, 0.25) is 0 Å². The van der Waals surface area contributed by atoms with Gasteiger partial charge in [0.1, 0.15) is 29.2 Å². The van der Waals surface area contributed by atoms with E-state index in [2.05, 4.69) is 79.4 Å². The summed E-state index contributed by atoms with van der Waals surface area (Å²) in [7, 11) is 0. The summed E-state index contributed by atoms with van der Waals surface area (Å²) < 4.78 is 5.81. The lowest BCUT2D eigenvalue weighted by Crippen LogP contribution is -2.09. The Morgan fingerprint density at radius 1 is 0.688 bits per heavy atom. The normalized spacial score (nSPS) is 10.1. The second kappa shape index (κ2) is 9.08. The fourth-order valence-corrected chi connectivity index (χ4v) is 3.43. The number of hydrogen-bond acceptors (Lipinski definition) is 4. The molecule has 0 aliphatic heterocycles. The highest BCUT2D eigenvalue weighted by molar-refractivity contribution is 5.78. The Balaban J connectivity index is 1.68. The zero-order valence-corrected chi connectivity index (χ0v) is 17.9. The van der Waals surface area contributed by atoms with E-state index in [1.54, 1.807) is 6.07 Å². The molecule has 4 nitrogen and oxygen atoms in total. The predicted octanol–water partition coefficient (Wildman–Crippen LogP) is 7.46. The SMILES string of the molecule is Cc1ccc(N(c2ccc(C)cc2)c2ccc(-c3ccc(C=C(C#N)C#N)o3)cc2)cc1. The van der Waals surface area contributed by atoms with Crippen LogP contribution in [0.5, 0.6) is 0 Å². The van der Waals surface area contributed by atoms with E-state index in [0.29, 0.717) is 11.5 Å². The molecule has 0 amide bonds. The molecule has 0 fully saturated rings. The van der Waals surface area contributed by atoms with Crippen molar-refractivity contribution in [1.82, 2.24) is 0 Å². The van der Waals surface area contributed by atoms with Crippen LogP contribution >= 0.6 is 0 Å². The highest BCUT2D eigenvalue weighted by Gasteiger charge is 2.13. The van der Waals surface area contributed by atoms with Crippen LogP contribution in [0.3, 0.4) is 0 Å². The van der Waals surface area contributed by atoms with Crippen LogP contribution in [0, 0.1) is 36.5 Å². The molecule has 4 heteroatoms. The first-order valence-electron chi connectivity index (χ1n) is 10.2. The third kappa shape index (κ3) is 4.46. The minimum atomic E-state index is 0.00749. The molecule has 0 aliphatic rings. The van der Waals surface area contributed by atoms with E-state index in [-0.39, 0.29) is 5.57 Å². The van der Waals surface area contributed by atoms with Gasteiger partial charge in [0.25, 0.3) is 0 Å². The Morgan fingerprint density at radius 2 is 1.16 bits per heavy atom. The van der Waals surface area contributed by atoms with Crippen molar-refractivity contribution in [3.63, 3.8) is 0 Å². The molecule has 0 radical (unpaired) electrons. The molecule has 0 spiro atoms. The molecule has 4 aromatic rings. The smallest absolute Gasteiger partial charge is 0.134 e. The summed E-state index contributed by atoms with van der Waals surface area (Å²) in [6.45, 7) is 4.16. The van der Waals surface area contributed by atoms with Crippen LogP contribution in [0.2, 0.25) is 0 Å². The number of anilines is 3. The number of aryl methyl sites for hydroxylation is 2. The lowest BCUT2D eigenvalue weighted by atomic mass is 10.1. The third-order valence-electron chi connectivity index (χ3n) is 5.15. The first-order valence-corrected chi connectivity index (χ1v) is 10.2. The highest BCUT2D eigenvalue weighted by atomic mass is 16.3. The van der Waals surface area contributed by atoms with E-state index in [4.69, 9.17) is 14.9 Å². The zero-order valence-electron chi connectivity index (χ0n) is 17.9. The predicted molar refractivity (Wildman–Crippen MR) is 128 cm³/mol. The quantitative estimate of drug-likeness (QED) is 0.317. The standard InChI is InChI=1S/C28H21N3O/c1-20-3-9-24(10-4-20)31(25-11-5-21(2)6-12-25)26-13-7-23(8-14-26)28-16-15-27(32-28)17-22(18-29)19-30/h3-17H,1-2H3. The van der Waals surface area contributed by atoms with Gasteiger partial charge in [-0.05, 0) is 74.5 Å². The van der Waals surface area contributed by atoms with Crippen molar-refractivity contribution in [3.8, 4) is 23.5 Å². The number of nitriles is 2. The van der Waals surface area contributed by atoms with E-state index in [1.165, 1.54) is 17.2 Å². The first kappa shape index (κ1) is 20.7. The van der Waals surface area contributed by atoms with Gasteiger partial charge in [-0.15, -0.1) is 0 Å². The number of allylic oxidation sites excluding steroid dienone is 1. The summed E-state index contributed by atoms with van der Waals surface area (Å²) in [5.41, 5.74) is 6.54. The molecule has 154 valence electrons. The number of nitrogens with zero attached hydrogens (tertiary/aromatic N) is 3. The van der Waals surface area contributed by atoms with Crippen molar-refractivity contribution in [2.75, 3.05) is 4.90 Å². The largest absolute Gasteiger partial charge is 0.457 e. The second-order valence-electron chi connectivity index (χ2n) is 7.54. The minimum absolute atomic E-state index is 0.00749. The Bertz CT molecular complexity index is 1270. The molecule has 0 atom stereocenters. The zero-order chi connectivity index (χ0) is 22.5. The Morgan fingerprint density at radius 3 is 1.62 bits per heavy atom. The van der Waals surface area contributed by atoms with Gasteiger partial charge >= 0.3 is 0 Å². The number of benzene rings is 3. The molecule has 0 unspecified atom stereocenters. The van der Waals surface area contributed by atoms with Gasteiger partial charge in [-0.2, -0.15) is 10.5 Å².